The van der Waals surface area contributed by atoms with Gasteiger partial charge in [-0.05, 0) is 19.8 Å². The molecule has 1 radical (unpaired) electrons. The van der Waals surface area contributed by atoms with Gasteiger partial charge in [-0.1, -0.05) is 6.08 Å². The van der Waals surface area contributed by atoms with Crippen LogP contribution in [0.25, 0.3) is 0 Å². The van der Waals surface area contributed by atoms with Gasteiger partial charge in [0.15, 0.2) is 0 Å². The molecule has 0 fully saturated rings. The van der Waals surface area contributed by atoms with E-state index in [0.29, 0.717) is 0 Å². The van der Waals surface area contributed by atoms with Crippen LogP contribution >= 0.6 is 0 Å². The van der Waals surface area contributed by atoms with Gasteiger partial charge >= 0.3 is 0 Å². The number of allylic oxidation sites excluding steroid dienone is 1. The van der Waals surface area contributed by atoms with Crippen molar-refractivity contribution in [3.05, 3.63) is 12.7 Å². The fourth-order valence-corrected chi connectivity index (χ4v) is 0.353. The van der Waals surface area contributed by atoms with Crippen molar-refractivity contribution in [1.82, 2.24) is 0 Å². The summed E-state index contributed by atoms with van der Waals surface area (Å²) in [7, 11) is 0. The molecule has 0 N–H and O–H groups in total. The van der Waals surface area contributed by atoms with E-state index in [1.165, 1.54) is 0 Å². The third-order valence-corrected chi connectivity index (χ3v) is 0.777. The third kappa shape index (κ3) is 5.70. The Bertz CT molecular complexity index is 48.1. The summed E-state index contributed by atoms with van der Waals surface area (Å²) >= 11 is 0. The molecule has 0 rings (SSSR count). The summed E-state index contributed by atoms with van der Waals surface area (Å²) in [4.78, 5) is 0. The molecular formula is C6H11O. The summed E-state index contributed by atoms with van der Waals surface area (Å²) in [5, 5.41) is 10.2. The molecule has 7 heavy (non-hydrogen) atoms. The summed E-state index contributed by atoms with van der Waals surface area (Å²) in [6, 6.07) is 0. The molecule has 0 aliphatic carbocycles. The highest BCUT2D eigenvalue weighted by molar-refractivity contribution is 4.66. The van der Waals surface area contributed by atoms with Crippen LogP contribution in [0.4, 0.5) is 0 Å². The lowest BCUT2D eigenvalue weighted by Gasteiger charge is -1.93. The third-order valence-electron chi connectivity index (χ3n) is 0.777. The molecule has 0 aromatic rings. The van der Waals surface area contributed by atoms with Crippen molar-refractivity contribution in [2.75, 3.05) is 0 Å². The van der Waals surface area contributed by atoms with Crippen LogP contribution in [0, 0.1) is 0 Å². The second kappa shape index (κ2) is 3.88. The quantitative estimate of drug-likeness (QED) is 0.480. The van der Waals surface area contributed by atoms with E-state index in [0.717, 1.165) is 12.8 Å². The maximum atomic E-state index is 10.2. The molecule has 0 saturated heterocycles. The average Bonchev–Trinajstić information content (AvgIpc) is 1.61. The molecule has 0 aromatic carbocycles. The van der Waals surface area contributed by atoms with E-state index in [-0.39, 0.29) is 0 Å². The van der Waals surface area contributed by atoms with E-state index in [4.69, 9.17) is 0 Å². The fourth-order valence-electron chi connectivity index (χ4n) is 0.353. The average molecular weight is 99.2 g/mol. The smallest absolute Gasteiger partial charge is 0.0905 e. The Balaban J connectivity index is 2.81. The monoisotopic (exact) mass is 99.1 g/mol. The minimum Gasteiger partial charge on any atom is -0.233 e. The predicted molar refractivity (Wildman–Crippen MR) is 29.6 cm³/mol. The largest absolute Gasteiger partial charge is 0.233 e. The van der Waals surface area contributed by atoms with Crippen LogP contribution in [0.5, 0.6) is 0 Å². The SMILES string of the molecule is C=CCCC(C)[O]. The molecule has 1 atom stereocenters. The summed E-state index contributed by atoms with van der Waals surface area (Å²) in [6.45, 7) is 5.16. The van der Waals surface area contributed by atoms with Crippen LogP contribution in [0.15, 0.2) is 12.7 Å². The molecule has 0 saturated carbocycles. The summed E-state index contributed by atoms with van der Waals surface area (Å²) in [5.41, 5.74) is 0. The van der Waals surface area contributed by atoms with E-state index in [1.807, 2.05) is 0 Å². The van der Waals surface area contributed by atoms with E-state index >= 15 is 0 Å². The van der Waals surface area contributed by atoms with Gasteiger partial charge in [0.25, 0.3) is 0 Å². The summed E-state index contributed by atoms with van der Waals surface area (Å²) < 4.78 is 0. The van der Waals surface area contributed by atoms with Gasteiger partial charge < -0.3 is 0 Å². The summed E-state index contributed by atoms with van der Waals surface area (Å²) in [5.74, 6) is 0. The van der Waals surface area contributed by atoms with Crippen molar-refractivity contribution in [2.24, 2.45) is 0 Å². The van der Waals surface area contributed by atoms with Crippen molar-refractivity contribution in [1.29, 1.82) is 0 Å². The van der Waals surface area contributed by atoms with Crippen molar-refractivity contribution in [3.63, 3.8) is 0 Å². The first-order valence-electron chi connectivity index (χ1n) is 2.54. The highest BCUT2D eigenvalue weighted by Crippen LogP contribution is 1.94. The topological polar surface area (TPSA) is 19.9 Å². The lowest BCUT2D eigenvalue weighted by atomic mass is 10.2. The molecule has 1 nitrogen and oxygen atoms in total. The highest BCUT2D eigenvalue weighted by Gasteiger charge is 1.91. The Morgan fingerprint density at radius 3 is 2.57 bits per heavy atom. The van der Waals surface area contributed by atoms with Crippen LogP contribution in [-0.2, 0) is 5.11 Å². The first kappa shape index (κ1) is 6.70. The second-order valence-corrected chi connectivity index (χ2v) is 1.68. The Hall–Kier alpha value is -0.300. The van der Waals surface area contributed by atoms with Gasteiger partial charge in [0.05, 0.1) is 6.10 Å². The first-order valence-corrected chi connectivity index (χ1v) is 2.54. The van der Waals surface area contributed by atoms with E-state index in [1.54, 1.807) is 13.0 Å². The minimum absolute atomic E-state index is 0.419. The normalized spacial score (nSPS) is 13.4. The highest BCUT2D eigenvalue weighted by atomic mass is 16.3. The van der Waals surface area contributed by atoms with Crippen LogP contribution in [0.1, 0.15) is 19.8 Å². The van der Waals surface area contributed by atoms with Gasteiger partial charge in [0, 0.05) is 0 Å². The van der Waals surface area contributed by atoms with Crippen LogP contribution in [-0.4, -0.2) is 6.10 Å². The second-order valence-electron chi connectivity index (χ2n) is 1.68. The molecule has 0 aliphatic rings. The number of hydrogen-bond acceptors (Lipinski definition) is 0. The lowest BCUT2D eigenvalue weighted by molar-refractivity contribution is 0.0986. The lowest BCUT2D eigenvalue weighted by Crippen LogP contribution is -1.93. The van der Waals surface area contributed by atoms with E-state index < -0.39 is 6.10 Å². The zero-order chi connectivity index (χ0) is 5.70. The van der Waals surface area contributed by atoms with Crippen molar-refractivity contribution < 1.29 is 5.11 Å². The number of rotatable bonds is 3. The Morgan fingerprint density at radius 1 is 1.86 bits per heavy atom. The van der Waals surface area contributed by atoms with Gasteiger partial charge in [-0.3, -0.25) is 0 Å². The maximum Gasteiger partial charge on any atom is 0.0905 e. The predicted octanol–water partition coefficient (Wildman–Crippen LogP) is 1.77. The molecule has 1 heteroatoms. The molecule has 0 aliphatic heterocycles. The Labute approximate surface area is 44.7 Å². The minimum atomic E-state index is -0.419. The van der Waals surface area contributed by atoms with Gasteiger partial charge in [-0.15, -0.1) is 6.58 Å². The molecule has 0 bridgehead atoms. The number of hydrogen-bond donors (Lipinski definition) is 0. The van der Waals surface area contributed by atoms with Crippen molar-refractivity contribution in [2.45, 2.75) is 25.9 Å². The van der Waals surface area contributed by atoms with Crippen molar-refractivity contribution in [3.8, 4) is 0 Å². The van der Waals surface area contributed by atoms with Gasteiger partial charge in [0.2, 0.25) is 0 Å². The van der Waals surface area contributed by atoms with Crippen LogP contribution < -0.4 is 0 Å². The van der Waals surface area contributed by atoms with Crippen LogP contribution in [0.3, 0.4) is 0 Å². The van der Waals surface area contributed by atoms with E-state index in [9.17, 15) is 5.11 Å². The Kier molecular flexibility index (Phi) is 3.71. The van der Waals surface area contributed by atoms with Gasteiger partial charge in [-0.25, -0.2) is 5.11 Å². The van der Waals surface area contributed by atoms with Crippen molar-refractivity contribution >= 4 is 0 Å². The molecule has 0 amide bonds. The van der Waals surface area contributed by atoms with Gasteiger partial charge in [-0.2, -0.15) is 0 Å². The standard InChI is InChI=1S/C6H11O/c1-3-4-5-6(2)7/h3,6H,1,4-5H2,2H3. The molecule has 1 unspecified atom stereocenters. The molecule has 0 aromatic heterocycles. The summed E-state index contributed by atoms with van der Waals surface area (Å²) in [6.07, 6.45) is 2.93. The first-order chi connectivity index (χ1) is 3.27. The zero-order valence-corrected chi connectivity index (χ0v) is 4.68. The zero-order valence-electron chi connectivity index (χ0n) is 4.68. The van der Waals surface area contributed by atoms with Crippen LogP contribution in [0.2, 0.25) is 0 Å². The molecule has 0 heterocycles. The van der Waals surface area contributed by atoms with E-state index in [2.05, 4.69) is 6.58 Å². The Morgan fingerprint density at radius 2 is 2.43 bits per heavy atom. The molecule has 0 spiro atoms. The molecule has 41 valence electrons. The fraction of sp³-hybridized carbons (Fsp3) is 0.667. The molecular weight excluding hydrogens is 88.1 g/mol. The van der Waals surface area contributed by atoms with Gasteiger partial charge in [0.1, 0.15) is 0 Å². The maximum absolute atomic E-state index is 10.2.